The maximum Gasteiger partial charge on any atom is 0.220 e. The zero-order valence-electron chi connectivity index (χ0n) is 14.7. The Labute approximate surface area is 151 Å². The molecule has 0 bridgehead atoms. The smallest absolute Gasteiger partial charge is 0.220 e. The Morgan fingerprint density at radius 3 is 2.85 bits per heavy atom. The fourth-order valence-electron chi connectivity index (χ4n) is 2.82. The van der Waals surface area contributed by atoms with E-state index < -0.39 is 5.82 Å². The standard InChI is InChI=1S/C20H22FN3O2/c1-26-18-10-8-14(13-15(18)21)9-11-20(25)22-12-4-7-19-23-16-5-2-3-6-17(16)24-19/h2-3,5-6,8,10,13H,4,7,9,11-12H2,1H3,(H,22,25)(H,23,24). The first-order chi connectivity index (χ1) is 12.7. The van der Waals surface area contributed by atoms with Gasteiger partial charge >= 0.3 is 0 Å². The number of carbonyl (C=O) groups is 1. The maximum absolute atomic E-state index is 13.6. The molecule has 0 aliphatic heterocycles. The highest BCUT2D eigenvalue weighted by Gasteiger charge is 2.07. The van der Waals surface area contributed by atoms with Crippen LogP contribution in [-0.2, 0) is 17.6 Å². The Morgan fingerprint density at radius 1 is 1.23 bits per heavy atom. The van der Waals surface area contributed by atoms with Crippen LogP contribution in [0.15, 0.2) is 42.5 Å². The molecular formula is C20H22FN3O2. The van der Waals surface area contributed by atoms with Crippen molar-refractivity contribution in [1.29, 1.82) is 0 Å². The number of amides is 1. The number of H-pyrrole nitrogens is 1. The molecule has 1 aromatic heterocycles. The molecule has 0 aliphatic carbocycles. The number of hydrogen-bond acceptors (Lipinski definition) is 3. The Morgan fingerprint density at radius 2 is 2.08 bits per heavy atom. The summed E-state index contributed by atoms with van der Waals surface area (Å²) in [5.41, 5.74) is 2.76. The Balaban J connectivity index is 1.38. The van der Waals surface area contributed by atoms with Gasteiger partial charge in [0, 0.05) is 19.4 Å². The minimum atomic E-state index is -0.406. The molecule has 3 aromatic rings. The summed E-state index contributed by atoms with van der Waals surface area (Å²) in [6.07, 6.45) is 2.41. The molecule has 0 spiro atoms. The van der Waals surface area contributed by atoms with E-state index in [1.165, 1.54) is 13.2 Å². The van der Waals surface area contributed by atoms with E-state index >= 15 is 0 Å². The number of nitrogens with zero attached hydrogens (tertiary/aromatic N) is 1. The minimum Gasteiger partial charge on any atom is -0.494 e. The van der Waals surface area contributed by atoms with Crippen molar-refractivity contribution in [2.24, 2.45) is 0 Å². The van der Waals surface area contributed by atoms with Gasteiger partial charge in [-0.15, -0.1) is 0 Å². The molecule has 136 valence electrons. The van der Waals surface area contributed by atoms with E-state index in [0.717, 1.165) is 35.3 Å². The molecule has 2 N–H and O–H groups in total. The van der Waals surface area contributed by atoms with Crippen molar-refractivity contribution in [3.05, 3.63) is 59.7 Å². The monoisotopic (exact) mass is 355 g/mol. The first kappa shape index (κ1) is 17.9. The van der Waals surface area contributed by atoms with Gasteiger partial charge in [-0.05, 0) is 42.7 Å². The average Bonchev–Trinajstić information content (AvgIpc) is 3.06. The maximum atomic E-state index is 13.6. The summed E-state index contributed by atoms with van der Waals surface area (Å²) in [6.45, 7) is 0.590. The summed E-state index contributed by atoms with van der Waals surface area (Å²) < 4.78 is 18.5. The van der Waals surface area contributed by atoms with E-state index in [-0.39, 0.29) is 11.7 Å². The van der Waals surface area contributed by atoms with Crippen molar-refractivity contribution in [2.75, 3.05) is 13.7 Å². The molecular weight excluding hydrogens is 333 g/mol. The summed E-state index contributed by atoms with van der Waals surface area (Å²) in [6, 6.07) is 12.7. The molecule has 0 aliphatic rings. The van der Waals surface area contributed by atoms with Crippen molar-refractivity contribution in [1.82, 2.24) is 15.3 Å². The van der Waals surface area contributed by atoms with E-state index in [1.54, 1.807) is 12.1 Å². The highest BCUT2D eigenvalue weighted by molar-refractivity contribution is 5.76. The Kier molecular flexibility index (Phi) is 5.84. The van der Waals surface area contributed by atoms with E-state index in [9.17, 15) is 9.18 Å². The number of aromatic nitrogens is 2. The van der Waals surface area contributed by atoms with Crippen molar-refractivity contribution < 1.29 is 13.9 Å². The third kappa shape index (κ3) is 4.59. The van der Waals surface area contributed by atoms with Crippen LogP contribution >= 0.6 is 0 Å². The summed E-state index contributed by atoms with van der Waals surface area (Å²) in [5, 5.41) is 2.90. The number of halogens is 1. The van der Waals surface area contributed by atoms with Crippen LogP contribution in [0.1, 0.15) is 24.2 Å². The molecule has 0 fully saturated rings. The third-order valence-corrected chi connectivity index (χ3v) is 4.21. The van der Waals surface area contributed by atoms with E-state index in [4.69, 9.17) is 4.74 Å². The van der Waals surface area contributed by atoms with Crippen LogP contribution in [0.25, 0.3) is 11.0 Å². The number of hydrogen-bond donors (Lipinski definition) is 2. The predicted octanol–water partition coefficient (Wildman–Crippen LogP) is 3.39. The van der Waals surface area contributed by atoms with Crippen molar-refractivity contribution in [3.63, 3.8) is 0 Å². The number of benzene rings is 2. The number of nitrogens with one attached hydrogen (secondary N) is 2. The molecule has 5 nitrogen and oxygen atoms in total. The number of para-hydroxylation sites is 2. The summed E-state index contributed by atoms with van der Waals surface area (Å²) in [4.78, 5) is 19.7. The lowest BCUT2D eigenvalue weighted by molar-refractivity contribution is -0.121. The van der Waals surface area contributed by atoms with Gasteiger partial charge in [0.2, 0.25) is 5.91 Å². The zero-order chi connectivity index (χ0) is 18.4. The number of aryl methyl sites for hydroxylation is 2. The van der Waals surface area contributed by atoms with Gasteiger partial charge < -0.3 is 15.0 Å². The summed E-state index contributed by atoms with van der Waals surface area (Å²) >= 11 is 0. The van der Waals surface area contributed by atoms with Crippen LogP contribution in [-0.4, -0.2) is 29.5 Å². The zero-order valence-corrected chi connectivity index (χ0v) is 14.7. The van der Waals surface area contributed by atoms with Crippen LogP contribution in [0.4, 0.5) is 4.39 Å². The summed E-state index contributed by atoms with van der Waals surface area (Å²) in [5.74, 6) is 0.694. The number of imidazole rings is 1. The van der Waals surface area contributed by atoms with Gasteiger partial charge in [0.05, 0.1) is 18.1 Å². The Bertz CT molecular complexity index is 859. The quantitative estimate of drug-likeness (QED) is 0.609. The largest absolute Gasteiger partial charge is 0.494 e. The highest BCUT2D eigenvalue weighted by atomic mass is 19.1. The van der Waals surface area contributed by atoms with Crippen molar-refractivity contribution >= 4 is 16.9 Å². The lowest BCUT2D eigenvalue weighted by atomic mass is 10.1. The van der Waals surface area contributed by atoms with E-state index in [1.807, 2.05) is 24.3 Å². The van der Waals surface area contributed by atoms with Gasteiger partial charge in [-0.3, -0.25) is 4.79 Å². The average molecular weight is 355 g/mol. The van der Waals surface area contributed by atoms with Crippen LogP contribution in [0, 0.1) is 5.82 Å². The summed E-state index contributed by atoms with van der Waals surface area (Å²) in [7, 11) is 1.43. The number of carbonyl (C=O) groups excluding carboxylic acids is 1. The lowest BCUT2D eigenvalue weighted by Gasteiger charge is -2.06. The molecule has 2 aromatic carbocycles. The fourth-order valence-corrected chi connectivity index (χ4v) is 2.82. The van der Waals surface area contributed by atoms with Crippen LogP contribution in [0.5, 0.6) is 5.75 Å². The predicted molar refractivity (Wildman–Crippen MR) is 98.7 cm³/mol. The molecule has 0 atom stereocenters. The second kappa shape index (κ2) is 8.47. The van der Waals surface area contributed by atoms with Gasteiger partial charge in [0.25, 0.3) is 0 Å². The molecule has 1 amide bonds. The molecule has 0 saturated heterocycles. The second-order valence-corrected chi connectivity index (χ2v) is 6.12. The van der Waals surface area contributed by atoms with E-state index in [0.29, 0.717) is 19.4 Å². The van der Waals surface area contributed by atoms with Crippen molar-refractivity contribution in [2.45, 2.75) is 25.7 Å². The first-order valence-corrected chi connectivity index (χ1v) is 8.68. The van der Waals surface area contributed by atoms with Gasteiger partial charge in [-0.25, -0.2) is 9.37 Å². The number of methoxy groups -OCH3 is 1. The minimum absolute atomic E-state index is 0.0363. The van der Waals surface area contributed by atoms with Crippen LogP contribution in [0.3, 0.4) is 0 Å². The number of aromatic amines is 1. The molecule has 3 rings (SSSR count). The highest BCUT2D eigenvalue weighted by Crippen LogP contribution is 2.18. The molecule has 6 heteroatoms. The fraction of sp³-hybridized carbons (Fsp3) is 0.300. The molecule has 0 saturated carbocycles. The molecule has 0 unspecified atom stereocenters. The van der Waals surface area contributed by atoms with Crippen LogP contribution < -0.4 is 10.1 Å². The number of rotatable bonds is 8. The van der Waals surface area contributed by atoms with Gasteiger partial charge in [-0.2, -0.15) is 0 Å². The SMILES string of the molecule is COc1ccc(CCC(=O)NCCCc2nc3ccccc3[nH]2)cc1F. The number of fused-ring (bicyclic) bond motifs is 1. The van der Waals surface area contributed by atoms with Gasteiger partial charge in [0.15, 0.2) is 11.6 Å². The van der Waals surface area contributed by atoms with Crippen molar-refractivity contribution in [3.8, 4) is 5.75 Å². The van der Waals surface area contributed by atoms with E-state index in [2.05, 4.69) is 15.3 Å². The number of ether oxygens (including phenoxy) is 1. The van der Waals surface area contributed by atoms with Crippen LogP contribution in [0.2, 0.25) is 0 Å². The van der Waals surface area contributed by atoms with Gasteiger partial charge in [-0.1, -0.05) is 18.2 Å². The third-order valence-electron chi connectivity index (χ3n) is 4.21. The molecule has 26 heavy (non-hydrogen) atoms. The Hall–Kier alpha value is -2.89. The normalized spacial score (nSPS) is 10.8. The lowest BCUT2D eigenvalue weighted by Crippen LogP contribution is -2.25. The molecule has 1 heterocycles. The first-order valence-electron chi connectivity index (χ1n) is 8.68. The molecule has 0 radical (unpaired) electrons. The second-order valence-electron chi connectivity index (χ2n) is 6.12. The van der Waals surface area contributed by atoms with Gasteiger partial charge in [0.1, 0.15) is 5.82 Å². The topological polar surface area (TPSA) is 67.0 Å².